The second-order valence-electron chi connectivity index (χ2n) is 1.27. The topological polar surface area (TPSA) is 18.5 Å². The lowest BCUT2D eigenvalue weighted by Gasteiger charge is -2.10. The van der Waals surface area contributed by atoms with Crippen molar-refractivity contribution in [1.82, 2.24) is 0 Å². The zero-order valence-corrected chi connectivity index (χ0v) is 7.34. The average Bonchev–Trinajstić information content (AvgIpc) is 1.83. The van der Waals surface area contributed by atoms with Gasteiger partial charge < -0.3 is 9.47 Å². The summed E-state index contributed by atoms with van der Waals surface area (Å²) in [4.78, 5) is 0. The summed E-state index contributed by atoms with van der Waals surface area (Å²) < 4.78 is 10.9. The first-order valence-electron chi connectivity index (χ1n) is 2.55. The second-order valence-corrected chi connectivity index (χ2v) is 2.16. The van der Waals surface area contributed by atoms with E-state index in [1.54, 1.807) is 7.11 Å². The largest absolute Gasteiger partial charge is 0.355 e. The average molecular weight is 230 g/mol. The molecule has 0 aromatic carbocycles. The number of hydrogen-bond acceptors (Lipinski definition) is 2. The minimum atomic E-state index is -0.0133. The molecule has 0 rings (SSSR count). The van der Waals surface area contributed by atoms with Gasteiger partial charge in [-0.1, -0.05) is 22.6 Å². The van der Waals surface area contributed by atoms with E-state index in [1.807, 2.05) is 6.92 Å². The fourth-order valence-corrected chi connectivity index (χ4v) is 0.975. The van der Waals surface area contributed by atoms with Crippen molar-refractivity contribution in [3.05, 3.63) is 0 Å². The van der Waals surface area contributed by atoms with Crippen LogP contribution in [0.5, 0.6) is 0 Å². The first-order chi connectivity index (χ1) is 3.85. The summed E-state index contributed by atoms with van der Waals surface area (Å²) >= 11 is 2.22. The first-order valence-corrected chi connectivity index (χ1v) is 4.08. The van der Waals surface area contributed by atoms with E-state index < -0.39 is 0 Å². The summed E-state index contributed by atoms with van der Waals surface area (Å²) in [5, 5.41) is 0. The molecule has 0 bridgehead atoms. The molecule has 0 spiro atoms. The van der Waals surface area contributed by atoms with Crippen molar-refractivity contribution in [3.8, 4) is 0 Å². The fourth-order valence-electron chi connectivity index (χ4n) is 0.361. The van der Waals surface area contributed by atoms with Crippen molar-refractivity contribution < 1.29 is 9.47 Å². The monoisotopic (exact) mass is 230 g/mol. The van der Waals surface area contributed by atoms with Crippen molar-refractivity contribution in [2.45, 2.75) is 13.2 Å². The molecule has 50 valence electrons. The number of methoxy groups -OCH3 is 1. The predicted octanol–water partition coefficient (Wildman–Crippen LogP) is 1.43. The Kier molecular flexibility index (Phi) is 6.25. The summed E-state index contributed by atoms with van der Waals surface area (Å²) in [6, 6.07) is 0. The van der Waals surface area contributed by atoms with Crippen molar-refractivity contribution in [3.63, 3.8) is 0 Å². The van der Waals surface area contributed by atoms with Crippen molar-refractivity contribution >= 4 is 22.6 Å². The molecule has 0 aliphatic carbocycles. The van der Waals surface area contributed by atoms with E-state index >= 15 is 0 Å². The second kappa shape index (κ2) is 5.78. The highest BCUT2D eigenvalue weighted by atomic mass is 127. The van der Waals surface area contributed by atoms with Crippen LogP contribution < -0.4 is 0 Å². The Morgan fingerprint density at radius 3 is 2.38 bits per heavy atom. The Bertz CT molecular complexity index is 45.7. The molecule has 1 atom stereocenters. The maximum atomic E-state index is 5.11. The van der Waals surface area contributed by atoms with E-state index in [0.29, 0.717) is 0 Å². The van der Waals surface area contributed by atoms with Gasteiger partial charge in [-0.2, -0.15) is 0 Å². The van der Waals surface area contributed by atoms with Crippen molar-refractivity contribution in [1.29, 1.82) is 0 Å². The highest BCUT2D eigenvalue weighted by molar-refractivity contribution is 14.1. The lowest BCUT2D eigenvalue weighted by molar-refractivity contribution is -0.101. The SMILES string of the molecule is CCOC(CI)OC. The van der Waals surface area contributed by atoms with Gasteiger partial charge in [0.15, 0.2) is 6.29 Å². The number of hydrogen-bond donors (Lipinski definition) is 0. The molecule has 0 heterocycles. The lowest BCUT2D eigenvalue weighted by atomic mass is 10.7. The van der Waals surface area contributed by atoms with Gasteiger partial charge in [0.05, 0.1) is 4.43 Å². The van der Waals surface area contributed by atoms with Crippen LogP contribution in [0.15, 0.2) is 0 Å². The third kappa shape index (κ3) is 3.63. The summed E-state index contributed by atoms with van der Waals surface area (Å²) in [5.74, 6) is 0. The molecule has 0 fully saturated rings. The van der Waals surface area contributed by atoms with Gasteiger partial charge in [0, 0.05) is 13.7 Å². The molecule has 8 heavy (non-hydrogen) atoms. The molecular weight excluding hydrogens is 219 g/mol. The van der Waals surface area contributed by atoms with Gasteiger partial charge in [-0.15, -0.1) is 0 Å². The van der Waals surface area contributed by atoms with E-state index in [9.17, 15) is 0 Å². The highest BCUT2D eigenvalue weighted by Crippen LogP contribution is 1.96. The summed E-state index contributed by atoms with van der Waals surface area (Å²) in [6.07, 6.45) is -0.0133. The van der Waals surface area contributed by atoms with Crippen LogP contribution in [0.3, 0.4) is 0 Å². The van der Waals surface area contributed by atoms with Crippen LogP contribution in [0.4, 0.5) is 0 Å². The van der Waals surface area contributed by atoms with Crippen LogP contribution in [0.25, 0.3) is 0 Å². The fraction of sp³-hybridized carbons (Fsp3) is 1.00. The van der Waals surface area contributed by atoms with Gasteiger partial charge in [-0.25, -0.2) is 0 Å². The molecule has 0 saturated carbocycles. The van der Waals surface area contributed by atoms with Crippen LogP contribution in [0.1, 0.15) is 6.92 Å². The molecule has 3 heteroatoms. The minimum absolute atomic E-state index is 0.0133. The molecular formula is C5H11IO2. The van der Waals surface area contributed by atoms with E-state index in [1.165, 1.54) is 0 Å². The van der Waals surface area contributed by atoms with Crippen molar-refractivity contribution in [2.24, 2.45) is 0 Å². The van der Waals surface area contributed by atoms with Crippen LogP contribution in [-0.4, -0.2) is 24.4 Å². The van der Waals surface area contributed by atoms with Gasteiger partial charge in [0.2, 0.25) is 0 Å². The molecule has 0 aromatic rings. The number of ether oxygens (including phenoxy) is 2. The normalized spacial score (nSPS) is 13.9. The smallest absolute Gasteiger partial charge is 0.166 e. The summed E-state index contributed by atoms with van der Waals surface area (Å²) in [5.41, 5.74) is 0. The van der Waals surface area contributed by atoms with Crippen LogP contribution in [0, 0.1) is 0 Å². The molecule has 0 radical (unpaired) electrons. The third-order valence-corrected chi connectivity index (χ3v) is 1.46. The minimum Gasteiger partial charge on any atom is -0.355 e. The molecule has 0 aliphatic heterocycles. The quantitative estimate of drug-likeness (QED) is 0.413. The molecule has 2 nitrogen and oxygen atoms in total. The molecule has 0 amide bonds. The number of halogens is 1. The number of rotatable bonds is 4. The van der Waals surface area contributed by atoms with Crippen molar-refractivity contribution in [2.75, 3.05) is 18.1 Å². The maximum Gasteiger partial charge on any atom is 0.166 e. The van der Waals surface area contributed by atoms with E-state index in [0.717, 1.165) is 11.0 Å². The van der Waals surface area contributed by atoms with E-state index in [2.05, 4.69) is 22.6 Å². The molecule has 0 aliphatic rings. The van der Waals surface area contributed by atoms with Gasteiger partial charge in [-0.3, -0.25) is 0 Å². The zero-order valence-electron chi connectivity index (χ0n) is 5.19. The van der Waals surface area contributed by atoms with Gasteiger partial charge in [0.25, 0.3) is 0 Å². The Hall–Kier alpha value is 0.650. The van der Waals surface area contributed by atoms with E-state index in [4.69, 9.17) is 9.47 Å². The zero-order chi connectivity index (χ0) is 6.41. The molecule has 0 N–H and O–H groups in total. The van der Waals surface area contributed by atoms with E-state index in [-0.39, 0.29) is 6.29 Å². The highest BCUT2D eigenvalue weighted by Gasteiger charge is 2.00. The molecule has 1 unspecified atom stereocenters. The molecule has 0 saturated heterocycles. The van der Waals surface area contributed by atoms with Gasteiger partial charge in [-0.05, 0) is 6.92 Å². The predicted molar refractivity (Wildman–Crippen MR) is 41.3 cm³/mol. The standard InChI is InChI=1S/C5H11IO2/c1-3-8-5(4-6)7-2/h5H,3-4H2,1-2H3. The Labute approximate surface area is 63.7 Å². The van der Waals surface area contributed by atoms with Crippen LogP contribution in [0.2, 0.25) is 0 Å². The first kappa shape index (κ1) is 8.65. The summed E-state index contributed by atoms with van der Waals surface area (Å²) in [6.45, 7) is 2.68. The Morgan fingerprint density at radius 2 is 2.25 bits per heavy atom. The summed E-state index contributed by atoms with van der Waals surface area (Å²) in [7, 11) is 1.65. The van der Waals surface area contributed by atoms with Crippen LogP contribution in [-0.2, 0) is 9.47 Å². The Morgan fingerprint density at radius 1 is 1.62 bits per heavy atom. The number of alkyl halides is 1. The lowest BCUT2D eigenvalue weighted by Crippen LogP contribution is -2.15. The third-order valence-electron chi connectivity index (χ3n) is 0.741. The van der Waals surface area contributed by atoms with Gasteiger partial charge in [0.1, 0.15) is 0 Å². The Balaban J connectivity index is 3.07. The van der Waals surface area contributed by atoms with Gasteiger partial charge >= 0.3 is 0 Å². The maximum absolute atomic E-state index is 5.11. The molecule has 0 aromatic heterocycles. The van der Waals surface area contributed by atoms with Crippen LogP contribution >= 0.6 is 22.6 Å².